The monoisotopic (exact) mass is 496 g/mol. The van der Waals surface area contributed by atoms with Crippen LogP contribution in [0.5, 0.6) is 17.2 Å². The molecule has 0 fully saturated rings. The Morgan fingerprint density at radius 3 is 2.81 bits per heavy atom. The number of nitrogens with zero attached hydrogens (tertiary/aromatic N) is 3. The summed E-state index contributed by atoms with van der Waals surface area (Å²) in [6, 6.07) is 3.40. The molecule has 0 saturated heterocycles. The van der Waals surface area contributed by atoms with E-state index in [9.17, 15) is 18.5 Å². The number of nitrogens with one attached hydrogen (secondary N) is 1. The minimum absolute atomic E-state index is 0.0650. The maximum absolute atomic E-state index is 13.3. The van der Waals surface area contributed by atoms with Gasteiger partial charge in [-0.05, 0) is 18.4 Å². The lowest BCUT2D eigenvalue weighted by Gasteiger charge is -2.23. The van der Waals surface area contributed by atoms with Crippen LogP contribution in [0.3, 0.4) is 0 Å². The van der Waals surface area contributed by atoms with Crippen molar-refractivity contribution in [3.63, 3.8) is 0 Å². The fraction of sp³-hybridized carbons (Fsp3) is 0.167. The predicted molar refractivity (Wildman–Crippen MR) is 112 cm³/mol. The van der Waals surface area contributed by atoms with E-state index in [-0.39, 0.29) is 56.8 Å². The number of sulfonamides is 1. The Morgan fingerprint density at radius 2 is 2.22 bits per heavy atom. The minimum Gasteiger partial charge on any atom is -0.491 e. The van der Waals surface area contributed by atoms with E-state index in [1.165, 1.54) is 31.5 Å². The van der Waals surface area contributed by atoms with Gasteiger partial charge in [0.05, 0.1) is 17.6 Å². The minimum atomic E-state index is -4.25. The number of ether oxygens (including phenoxy) is 3. The number of carbonyl (C=O) groups is 1. The first-order chi connectivity index (χ1) is 15.3. The first-order valence-electron chi connectivity index (χ1n) is 8.70. The molecule has 1 aromatic carbocycles. The molecule has 1 N–H and O–H groups in total. The van der Waals surface area contributed by atoms with E-state index < -0.39 is 16.1 Å². The molecule has 0 atom stereocenters. The normalized spacial score (nSPS) is 12.3. The number of anilines is 2. The lowest BCUT2D eigenvalue weighted by molar-refractivity contribution is 0.171. The van der Waals surface area contributed by atoms with Crippen molar-refractivity contribution in [2.24, 2.45) is 0 Å². The van der Waals surface area contributed by atoms with Gasteiger partial charge in [0, 0.05) is 11.4 Å². The molecule has 0 bridgehead atoms. The van der Waals surface area contributed by atoms with Crippen LogP contribution < -0.4 is 23.8 Å². The Labute approximate surface area is 190 Å². The maximum atomic E-state index is 13.3. The highest BCUT2D eigenvalue weighted by Gasteiger charge is 2.37. The van der Waals surface area contributed by atoms with Crippen molar-refractivity contribution in [2.75, 3.05) is 18.8 Å². The molecule has 3 aromatic rings. The van der Waals surface area contributed by atoms with Crippen molar-refractivity contribution >= 4 is 50.6 Å². The summed E-state index contributed by atoms with van der Waals surface area (Å²) < 4.78 is 48.6. The number of methoxy groups -OCH3 is 1. The molecule has 32 heavy (non-hydrogen) atoms. The zero-order chi connectivity index (χ0) is 23.0. The molecular weight excluding hydrogens is 484 g/mol. The van der Waals surface area contributed by atoms with E-state index in [1.54, 1.807) is 5.38 Å². The van der Waals surface area contributed by atoms with Gasteiger partial charge in [0.15, 0.2) is 11.5 Å². The number of hydrogen-bond acceptors (Lipinski definition) is 10. The van der Waals surface area contributed by atoms with Gasteiger partial charge in [-0.25, -0.2) is 22.8 Å². The second-order valence-electron chi connectivity index (χ2n) is 6.24. The van der Waals surface area contributed by atoms with Crippen LogP contribution in [0.2, 0.25) is 5.02 Å². The molecule has 0 radical (unpaired) electrons. The molecule has 11 nitrogen and oxygen atoms in total. The predicted octanol–water partition coefficient (Wildman–Crippen LogP) is 3.54. The third-order valence-electron chi connectivity index (χ3n) is 4.35. The molecular formula is C18H13ClN4O7S2. The summed E-state index contributed by atoms with van der Waals surface area (Å²) in [4.78, 5) is 13.9. The highest BCUT2D eigenvalue weighted by molar-refractivity contribution is 7.90. The Bertz CT molecular complexity index is 1350. The van der Waals surface area contributed by atoms with Gasteiger partial charge in [-0.3, -0.25) is 0 Å². The topological polar surface area (TPSA) is 144 Å². The molecule has 0 aliphatic carbocycles. The van der Waals surface area contributed by atoms with Gasteiger partial charge in [0.1, 0.15) is 22.5 Å². The molecule has 0 spiro atoms. The number of benzene rings is 1. The van der Waals surface area contributed by atoms with E-state index in [1.807, 2.05) is 10.8 Å². The largest absolute Gasteiger partial charge is 0.491 e. The molecule has 2 aromatic heterocycles. The summed E-state index contributed by atoms with van der Waals surface area (Å²) in [5.41, 5.74) is -0.0343. The van der Waals surface area contributed by atoms with Crippen molar-refractivity contribution in [1.82, 2.24) is 9.88 Å². The summed E-state index contributed by atoms with van der Waals surface area (Å²) in [6.45, 7) is 1.39. The lowest BCUT2D eigenvalue weighted by atomic mass is 10.1. The van der Waals surface area contributed by atoms with Crippen LogP contribution in [-0.4, -0.2) is 33.5 Å². The van der Waals surface area contributed by atoms with Gasteiger partial charge in [0.2, 0.25) is 12.5 Å². The Kier molecular flexibility index (Phi) is 5.59. The van der Waals surface area contributed by atoms with Crippen molar-refractivity contribution < 1.29 is 31.9 Å². The SMILES string of the molecule is COc1c2c(cc(C#N)c1N(C(=O)NS(=O)(=O)c1ccsc1)c1onc(C)c1Cl)OCO2. The molecule has 1 aliphatic heterocycles. The van der Waals surface area contributed by atoms with Gasteiger partial charge >= 0.3 is 6.03 Å². The molecule has 0 saturated carbocycles. The lowest BCUT2D eigenvalue weighted by Crippen LogP contribution is -2.40. The summed E-state index contributed by atoms with van der Waals surface area (Å²) >= 11 is 7.41. The summed E-state index contributed by atoms with van der Waals surface area (Å²) in [5, 5.41) is 16.3. The van der Waals surface area contributed by atoms with Crippen LogP contribution in [0.25, 0.3) is 0 Å². The van der Waals surface area contributed by atoms with Crippen LogP contribution in [0, 0.1) is 18.3 Å². The number of nitriles is 1. The number of fused-ring (bicyclic) bond motifs is 1. The van der Waals surface area contributed by atoms with Crippen LogP contribution in [0.4, 0.5) is 16.4 Å². The van der Waals surface area contributed by atoms with Crippen molar-refractivity contribution in [3.05, 3.63) is 39.2 Å². The van der Waals surface area contributed by atoms with Crippen LogP contribution in [0.1, 0.15) is 11.3 Å². The van der Waals surface area contributed by atoms with E-state index in [0.29, 0.717) is 0 Å². The second-order valence-corrected chi connectivity index (χ2v) is 9.08. The zero-order valence-corrected chi connectivity index (χ0v) is 18.8. The number of rotatable bonds is 5. The number of hydrogen-bond donors (Lipinski definition) is 1. The highest BCUT2D eigenvalue weighted by atomic mass is 35.5. The van der Waals surface area contributed by atoms with Crippen LogP contribution >= 0.6 is 22.9 Å². The Balaban J connectivity index is 1.92. The van der Waals surface area contributed by atoms with Crippen LogP contribution in [0.15, 0.2) is 32.3 Å². The number of urea groups is 1. The second kappa shape index (κ2) is 8.23. The van der Waals surface area contributed by atoms with Crippen LogP contribution in [-0.2, 0) is 10.0 Å². The van der Waals surface area contributed by atoms with Gasteiger partial charge < -0.3 is 18.7 Å². The Morgan fingerprint density at radius 1 is 1.44 bits per heavy atom. The van der Waals surface area contributed by atoms with Crippen molar-refractivity contribution in [2.45, 2.75) is 11.8 Å². The quantitative estimate of drug-likeness (QED) is 0.560. The van der Waals surface area contributed by atoms with E-state index in [4.69, 9.17) is 30.3 Å². The third-order valence-corrected chi connectivity index (χ3v) is 6.93. The van der Waals surface area contributed by atoms with Gasteiger partial charge in [-0.2, -0.15) is 16.6 Å². The molecule has 4 rings (SSSR count). The Hall–Kier alpha value is -3.47. The van der Waals surface area contributed by atoms with Gasteiger partial charge in [-0.1, -0.05) is 16.8 Å². The number of thiophene rings is 1. The highest BCUT2D eigenvalue weighted by Crippen LogP contribution is 2.51. The number of aryl methyl sites for hydroxylation is 1. The van der Waals surface area contributed by atoms with Crippen molar-refractivity contribution in [3.8, 4) is 23.3 Å². The summed E-state index contributed by atoms with van der Waals surface area (Å²) in [7, 11) is -2.96. The van der Waals surface area contributed by atoms with E-state index in [2.05, 4.69) is 5.16 Å². The van der Waals surface area contributed by atoms with E-state index in [0.717, 1.165) is 16.2 Å². The first-order valence-corrected chi connectivity index (χ1v) is 11.5. The third kappa shape index (κ3) is 3.58. The molecule has 166 valence electrons. The standard InChI is InChI=1S/C18H13ClN4O7S2/c1-9-13(19)17(30-21-9)23(18(24)22-32(25,26)11-3-4-31-7-11)14-10(6-20)5-12-15(16(14)27-2)29-8-28-12/h3-5,7H,8H2,1-2H3,(H,22,24). The van der Waals surface area contributed by atoms with Crippen molar-refractivity contribution in [1.29, 1.82) is 5.26 Å². The average Bonchev–Trinajstić information content (AvgIpc) is 3.51. The van der Waals surface area contributed by atoms with Gasteiger partial charge in [0.25, 0.3) is 15.9 Å². The molecule has 0 unspecified atom stereocenters. The molecule has 2 amide bonds. The summed E-state index contributed by atoms with van der Waals surface area (Å²) in [6.07, 6.45) is 0. The molecule has 1 aliphatic rings. The van der Waals surface area contributed by atoms with E-state index >= 15 is 0 Å². The zero-order valence-electron chi connectivity index (χ0n) is 16.4. The fourth-order valence-electron chi connectivity index (χ4n) is 2.90. The first kappa shape index (κ1) is 21.8. The van der Waals surface area contributed by atoms with Gasteiger partial charge in [-0.15, -0.1) is 0 Å². The average molecular weight is 497 g/mol. The number of aromatic nitrogens is 1. The smallest absolute Gasteiger partial charge is 0.343 e. The fourth-order valence-corrected chi connectivity index (χ4v) is 5.02. The number of carbonyl (C=O) groups excluding carboxylic acids is 1. The number of halogens is 1. The summed E-state index contributed by atoms with van der Waals surface area (Å²) in [5.74, 6) is -0.0544. The number of amides is 2. The molecule has 3 heterocycles. The molecule has 14 heteroatoms. The maximum Gasteiger partial charge on any atom is 0.343 e.